The second-order valence-corrected chi connectivity index (χ2v) is 8.63. The van der Waals surface area contributed by atoms with Gasteiger partial charge in [0.25, 0.3) is 0 Å². The van der Waals surface area contributed by atoms with Gasteiger partial charge in [0, 0.05) is 35.9 Å². The van der Waals surface area contributed by atoms with Crippen molar-refractivity contribution in [2.75, 3.05) is 27.3 Å². The number of carbonyl (C=O) groups is 1. The van der Waals surface area contributed by atoms with Crippen molar-refractivity contribution in [1.29, 1.82) is 0 Å². The standard InChI is InChI=1S/C22H27NO4/c1-26-18-6-5-14-9-16-15-10-19(27-2)17(24)11-22(15,20(14)21(18)25)7-8-23(16)12-13-3-4-13/h5-6,10,13,15-16,25H,3-4,7-9,11-12H2,1-2H3/t15?,16-,22+/m0/s1. The quantitative estimate of drug-likeness (QED) is 0.884. The molecule has 5 nitrogen and oxygen atoms in total. The number of likely N-dealkylation sites (tertiary alicyclic amines) is 1. The lowest BCUT2D eigenvalue weighted by atomic mass is 9.53. The molecule has 2 bridgehead atoms. The number of fused-ring (bicyclic) bond motifs is 1. The number of ether oxygens (including phenoxy) is 2. The highest BCUT2D eigenvalue weighted by molar-refractivity contribution is 5.96. The van der Waals surface area contributed by atoms with Crippen LogP contribution < -0.4 is 4.74 Å². The summed E-state index contributed by atoms with van der Waals surface area (Å²) >= 11 is 0. The Kier molecular flexibility index (Phi) is 3.80. The van der Waals surface area contributed by atoms with Crippen molar-refractivity contribution < 1.29 is 19.4 Å². The lowest BCUT2D eigenvalue weighted by Crippen LogP contribution is -2.61. The van der Waals surface area contributed by atoms with E-state index >= 15 is 0 Å². The van der Waals surface area contributed by atoms with E-state index in [-0.39, 0.29) is 22.9 Å². The van der Waals surface area contributed by atoms with Gasteiger partial charge in [-0.1, -0.05) is 6.07 Å². The molecule has 0 aromatic heterocycles. The zero-order valence-corrected chi connectivity index (χ0v) is 16.0. The molecular formula is C22H27NO4. The molecule has 144 valence electrons. The Balaban J connectivity index is 1.67. The fraction of sp³-hybridized carbons (Fsp3) is 0.591. The van der Waals surface area contributed by atoms with Crippen molar-refractivity contribution in [2.45, 2.75) is 43.6 Å². The number of ketones is 1. The average molecular weight is 369 g/mol. The number of hydrogen-bond acceptors (Lipinski definition) is 5. The maximum absolute atomic E-state index is 12.8. The summed E-state index contributed by atoms with van der Waals surface area (Å²) in [5.74, 6) is 2.26. The minimum atomic E-state index is -0.351. The van der Waals surface area contributed by atoms with Crippen molar-refractivity contribution in [1.82, 2.24) is 4.90 Å². The molecule has 1 heterocycles. The summed E-state index contributed by atoms with van der Waals surface area (Å²) in [7, 11) is 3.16. The maximum atomic E-state index is 12.8. The van der Waals surface area contributed by atoms with Crippen LogP contribution in [0.2, 0.25) is 0 Å². The number of benzene rings is 1. The Morgan fingerprint density at radius 3 is 2.78 bits per heavy atom. The van der Waals surface area contributed by atoms with Crippen molar-refractivity contribution in [3.05, 3.63) is 35.1 Å². The van der Waals surface area contributed by atoms with E-state index in [0.717, 1.165) is 43.0 Å². The zero-order chi connectivity index (χ0) is 18.8. The van der Waals surface area contributed by atoms with Gasteiger partial charge in [-0.15, -0.1) is 0 Å². The molecule has 1 aliphatic heterocycles. The number of hydrogen-bond donors (Lipinski definition) is 1. The SMILES string of the molecule is COC1=CC2[C@@H]3Cc4ccc(OC)c(O)c4[C@]2(CCN3CC2CC2)CC1=O. The Labute approximate surface area is 160 Å². The number of phenols is 1. The summed E-state index contributed by atoms with van der Waals surface area (Å²) in [6.45, 7) is 2.13. The van der Waals surface area contributed by atoms with Crippen LogP contribution in [0.4, 0.5) is 0 Å². The van der Waals surface area contributed by atoms with Crippen LogP contribution in [-0.2, 0) is 21.4 Å². The molecule has 5 heteroatoms. The molecule has 3 atom stereocenters. The number of piperidine rings is 1. The van der Waals surface area contributed by atoms with Crippen molar-refractivity contribution >= 4 is 5.78 Å². The van der Waals surface area contributed by atoms with E-state index < -0.39 is 0 Å². The van der Waals surface area contributed by atoms with E-state index in [9.17, 15) is 9.90 Å². The Bertz CT molecular complexity index is 828. The van der Waals surface area contributed by atoms with Gasteiger partial charge in [-0.2, -0.15) is 0 Å². The topological polar surface area (TPSA) is 59.0 Å². The van der Waals surface area contributed by atoms with E-state index in [0.29, 0.717) is 24.0 Å². The summed E-state index contributed by atoms with van der Waals surface area (Å²) in [5.41, 5.74) is 1.75. The molecule has 27 heavy (non-hydrogen) atoms. The number of rotatable bonds is 4. The third kappa shape index (κ3) is 2.44. The maximum Gasteiger partial charge on any atom is 0.197 e. The van der Waals surface area contributed by atoms with Crippen LogP contribution in [0.15, 0.2) is 24.0 Å². The Morgan fingerprint density at radius 2 is 2.07 bits per heavy atom. The van der Waals surface area contributed by atoms with Crippen LogP contribution in [0.1, 0.15) is 36.8 Å². The van der Waals surface area contributed by atoms with Crippen molar-refractivity contribution in [2.24, 2.45) is 11.8 Å². The van der Waals surface area contributed by atoms with Gasteiger partial charge < -0.3 is 14.6 Å². The number of nitrogens with zero attached hydrogens (tertiary/aromatic N) is 1. The minimum Gasteiger partial charge on any atom is -0.504 e. The number of allylic oxidation sites excluding steroid dienone is 1. The third-order valence-corrected chi connectivity index (χ3v) is 7.23. The van der Waals surface area contributed by atoms with Crippen LogP contribution in [0.5, 0.6) is 11.5 Å². The molecule has 1 unspecified atom stereocenters. The molecule has 2 fully saturated rings. The highest BCUT2D eigenvalue weighted by Gasteiger charge is 2.57. The predicted molar refractivity (Wildman–Crippen MR) is 101 cm³/mol. The molecule has 5 rings (SSSR count). The van der Waals surface area contributed by atoms with E-state index in [1.54, 1.807) is 14.2 Å². The Hall–Kier alpha value is -2.01. The van der Waals surface area contributed by atoms with Crippen LogP contribution in [-0.4, -0.2) is 49.1 Å². The Morgan fingerprint density at radius 1 is 1.26 bits per heavy atom. The summed E-state index contributed by atoms with van der Waals surface area (Å²) in [6.07, 6.45) is 6.91. The first kappa shape index (κ1) is 17.1. The number of aromatic hydroxyl groups is 1. The smallest absolute Gasteiger partial charge is 0.197 e. The van der Waals surface area contributed by atoms with E-state index in [2.05, 4.69) is 17.0 Å². The van der Waals surface area contributed by atoms with Gasteiger partial charge in [-0.3, -0.25) is 9.69 Å². The van der Waals surface area contributed by atoms with Crippen LogP contribution in [0, 0.1) is 11.8 Å². The van der Waals surface area contributed by atoms with E-state index in [4.69, 9.17) is 9.47 Å². The molecule has 0 amide bonds. The van der Waals surface area contributed by atoms with Gasteiger partial charge >= 0.3 is 0 Å². The highest BCUT2D eigenvalue weighted by atomic mass is 16.5. The second-order valence-electron chi connectivity index (χ2n) is 8.63. The third-order valence-electron chi connectivity index (χ3n) is 7.23. The summed E-state index contributed by atoms with van der Waals surface area (Å²) in [4.78, 5) is 15.4. The van der Waals surface area contributed by atoms with Gasteiger partial charge in [-0.25, -0.2) is 0 Å². The molecule has 4 aliphatic rings. The van der Waals surface area contributed by atoms with Crippen LogP contribution in [0.25, 0.3) is 0 Å². The second kappa shape index (κ2) is 5.99. The molecule has 1 N–H and O–H groups in total. The van der Waals surface area contributed by atoms with Gasteiger partial charge in [0.1, 0.15) is 0 Å². The molecule has 3 aliphatic carbocycles. The van der Waals surface area contributed by atoms with Crippen LogP contribution >= 0.6 is 0 Å². The molecule has 1 saturated carbocycles. The van der Waals surface area contributed by atoms with Gasteiger partial charge in [0.15, 0.2) is 23.0 Å². The zero-order valence-electron chi connectivity index (χ0n) is 16.0. The first-order chi connectivity index (χ1) is 13.1. The first-order valence-electron chi connectivity index (χ1n) is 10.00. The van der Waals surface area contributed by atoms with Gasteiger partial charge in [0.05, 0.1) is 14.2 Å². The number of carbonyl (C=O) groups excluding carboxylic acids is 1. The molecular weight excluding hydrogens is 342 g/mol. The fourth-order valence-electron chi connectivity index (χ4n) is 5.78. The van der Waals surface area contributed by atoms with Crippen molar-refractivity contribution in [3.63, 3.8) is 0 Å². The molecule has 1 saturated heterocycles. The predicted octanol–water partition coefficient (Wildman–Crippen LogP) is 2.80. The summed E-state index contributed by atoms with van der Waals surface area (Å²) in [5, 5.41) is 11.0. The molecule has 1 aromatic rings. The largest absolute Gasteiger partial charge is 0.504 e. The minimum absolute atomic E-state index is 0.0400. The molecule has 1 aromatic carbocycles. The lowest BCUT2D eigenvalue weighted by Gasteiger charge is -2.57. The lowest BCUT2D eigenvalue weighted by molar-refractivity contribution is -0.123. The number of phenolic OH excluding ortho intramolecular Hbond substituents is 1. The average Bonchev–Trinajstić information content (AvgIpc) is 3.47. The van der Waals surface area contributed by atoms with Gasteiger partial charge in [0.2, 0.25) is 0 Å². The van der Waals surface area contributed by atoms with E-state index in [1.165, 1.54) is 12.8 Å². The van der Waals surface area contributed by atoms with E-state index in [1.807, 2.05) is 6.07 Å². The summed E-state index contributed by atoms with van der Waals surface area (Å²) in [6, 6.07) is 4.30. The summed E-state index contributed by atoms with van der Waals surface area (Å²) < 4.78 is 10.8. The molecule has 0 radical (unpaired) electrons. The first-order valence-corrected chi connectivity index (χ1v) is 10.00. The van der Waals surface area contributed by atoms with Crippen molar-refractivity contribution in [3.8, 4) is 11.5 Å². The highest BCUT2D eigenvalue weighted by Crippen LogP contribution is 2.58. The van der Waals surface area contributed by atoms with Crippen LogP contribution in [0.3, 0.4) is 0 Å². The molecule has 0 spiro atoms. The fourth-order valence-corrected chi connectivity index (χ4v) is 5.78. The monoisotopic (exact) mass is 369 g/mol. The normalized spacial score (nSPS) is 32.4. The number of methoxy groups -OCH3 is 2. The number of Topliss-reactive ketones (excluding diaryl/α,β-unsaturated/α-hetero) is 1. The van der Waals surface area contributed by atoms with Gasteiger partial charge in [-0.05, 0) is 55.9 Å².